The Morgan fingerprint density at radius 1 is 0.920 bits per heavy atom. The van der Waals surface area contributed by atoms with E-state index in [0.29, 0.717) is 17.0 Å². The minimum Gasteiger partial charge on any atom is -0.457 e. The summed E-state index contributed by atoms with van der Waals surface area (Å²) in [4.78, 5) is 13.0. The van der Waals surface area contributed by atoms with Crippen LogP contribution in [0.3, 0.4) is 0 Å². The van der Waals surface area contributed by atoms with Gasteiger partial charge in [0, 0.05) is 0 Å². The first-order chi connectivity index (χ1) is 12.2. The fraction of sp³-hybridized carbons (Fsp3) is 0.435. The molecule has 2 rings (SSSR count). The summed E-state index contributed by atoms with van der Waals surface area (Å²) in [5.41, 5.74) is 4.55. The van der Waals surface area contributed by atoms with E-state index in [1.807, 2.05) is 18.2 Å². The average molecular weight is 339 g/mol. The van der Waals surface area contributed by atoms with E-state index in [0.717, 1.165) is 11.1 Å². The molecule has 0 aliphatic carbocycles. The first-order valence-corrected chi connectivity index (χ1v) is 9.08. The summed E-state index contributed by atoms with van der Waals surface area (Å²) >= 11 is 0. The van der Waals surface area contributed by atoms with Gasteiger partial charge in [0.1, 0.15) is 6.58 Å². The van der Waals surface area contributed by atoms with Crippen molar-refractivity contribution in [2.24, 2.45) is 0 Å². The Kier molecular flexibility index (Phi) is 5.91. The summed E-state index contributed by atoms with van der Waals surface area (Å²) in [5, 5.41) is 0. The molecule has 0 saturated heterocycles. The molecule has 0 N–H and O–H groups in total. The van der Waals surface area contributed by atoms with Gasteiger partial charge in [-0.3, -0.25) is 0 Å². The molecule has 134 valence electrons. The van der Waals surface area contributed by atoms with Gasteiger partial charge in [-0.25, -0.2) is 4.79 Å². The topological polar surface area (TPSA) is 26.3 Å². The Hall–Kier alpha value is -2.09. The first-order valence-electron chi connectivity index (χ1n) is 9.66. The minimum atomic E-state index is -1.02. The molecule has 0 aromatic heterocycles. The third-order valence-corrected chi connectivity index (χ3v) is 4.44. The van der Waals surface area contributed by atoms with Crippen LogP contribution < -0.4 is 0 Å². The molecule has 25 heavy (non-hydrogen) atoms. The maximum atomic E-state index is 13.0. The predicted molar refractivity (Wildman–Crippen MR) is 104 cm³/mol. The van der Waals surface area contributed by atoms with Gasteiger partial charge in [0.15, 0.2) is 0 Å². The van der Waals surface area contributed by atoms with Crippen LogP contribution in [0.2, 0.25) is 0 Å². The highest BCUT2D eigenvalue weighted by molar-refractivity contribution is 5.93. The molecule has 0 aliphatic heterocycles. The summed E-state index contributed by atoms with van der Waals surface area (Å²) in [6.07, 6.45) is 0. The summed E-state index contributed by atoms with van der Waals surface area (Å²) in [6.45, 7) is 11.7. The predicted octanol–water partition coefficient (Wildman–Crippen LogP) is 6.41. The SMILES string of the molecule is [2H]C(OC(=O)c1c(C(C)C)cc(C(C)C)cc1C(C)C)c1ccccc1. The van der Waals surface area contributed by atoms with Crippen LogP contribution >= 0.6 is 0 Å². The molecule has 0 radical (unpaired) electrons. The lowest BCUT2D eigenvalue weighted by molar-refractivity contribution is 0.0469. The normalized spacial score (nSPS) is 13.2. The molecule has 2 aromatic rings. The zero-order valence-corrected chi connectivity index (χ0v) is 16.2. The van der Waals surface area contributed by atoms with Crippen LogP contribution in [0.25, 0.3) is 0 Å². The Morgan fingerprint density at radius 3 is 1.88 bits per heavy atom. The lowest BCUT2D eigenvalue weighted by Gasteiger charge is -2.22. The van der Waals surface area contributed by atoms with Gasteiger partial charge in [0.2, 0.25) is 0 Å². The van der Waals surface area contributed by atoms with Gasteiger partial charge in [-0.15, -0.1) is 0 Å². The minimum absolute atomic E-state index is 0.203. The average Bonchev–Trinajstić information content (AvgIpc) is 2.60. The smallest absolute Gasteiger partial charge is 0.339 e. The number of carbonyl (C=O) groups excluding carboxylic acids is 1. The summed E-state index contributed by atoms with van der Waals surface area (Å²) in [6, 6.07) is 13.4. The van der Waals surface area contributed by atoms with Crippen molar-refractivity contribution in [1.82, 2.24) is 0 Å². The quantitative estimate of drug-likeness (QED) is 0.568. The molecule has 0 spiro atoms. The van der Waals surface area contributed by atoms with Crippen LogP contribution in [0.15, 0.2) is 42.5 Å². The third-order valence-electron chi connectivity index (χ3n) is 4.44. The molecule has 0 heterocycles. The van der Waals surface area contributed by atoms with Crippen LogP contribution in [0, 0.1) is 0 Å². The van der Waals surface area contributed by atoms with Gasteiger partial charge in [-0.05, 0) is 40.0 Å². The van der Waals surface area contributed by atoms with Crippen LogP contribution in [0.1, 0.15) is 93.3 Å². The molecule has 2 aromatic carbocycles. The van der Waals surface area contributed by atoms with Crippen molar-refractivity contribution in [3.63, 3.8) is 0 Å². The number of carbonyl (C=O) groups is 1. The number of rotatable bonds is 6. The number of hydrogen-bond donors (Lipinski definition) is 0. The van der Waals surface area contributed by atoms with E-state index in [1.54, 1.807) is 12.1 Å². The molecule has 2 heteroatoms. The van der Waals surface area contributed by atoms with E-state index in [2.05, 4.69) is 53.7 Å². The molecule has 1 unspecified atom stereocenters. The van der Waals surface area contributed by atoms with Crippen molar-refractivity contribution in [2.75, 3.05) is 0 Å². The first kappa shape index (κ1) is 17.7. The zero-order valence-electron chi connectivity index (χ0n) is 17.2. The van der Waals surface area contributed by atoms with Crippen molar-refractivity contribution < 1.29 is 10.9 Å². The molecule has 2 nitrogen and oxygen atoms in total. The van der Waals surface area contributed by atoms with E-state index >= 15 is 0 Å². The van der Waals surface area contributed by atoms with Gasteiger partial charge in [0.05, 0.1) is 6.93 Å². The van der Waals surface area contributed by atoms with E-state index in [1.165, 1.54) is 5.56 Å². The standard InChI is InChI=1S/C23H30O2/c1-15(2)19-12-20(16(3)4)22(21(13-19)17(5)6)23(24)25-14-18-10-8-7-9-11-18/h7-13,15-17H,14H2,1-6H3/i14D. The second-order valence-electron chi connectivity index (χ2n) is 7.47. The van der Waals surface area contributed by atoms with Crippen molar-refractivity contribution in [3.8, 4) is 0 Å². The Bertz CT molecular complexity index is 719. The number of benzene rings is 2. The van der Waals surface area contributed by atoms with Crippen LogP contribution in [-0.2, 0) is 11.3 Å². The van der Waals surface area contributed by atoms with Crippen molar-refractivity contribution >= 4 is 5.97 Å². The van der Waals surface area contributed by atoms with Gasteiger partial charge in [0.25, 0.3) is 0 Å². The molecule has 0 fully saturated rings. The van der Waals surface area contributed by atoms with Gasteiger partial charge in [-0.1, -0.05) is 84.0 Å². The Balaban J connectivity index is 2.47. The monoisotopic (exact) mass is 339 g/mol. The highest BCUT2D eigenvalue weighted by atomic mass is 16.5. The van der Waals surface area contributed by atoms with Crippen molar-refractivity contribution in [2.45, 2.75) is 65.9 Å². The number of hydrogen-bond acceptors (Lipinski definition) is 2. The molecular formula is C23H30O2. The third kappa shape index (κ3) is 4.72. The molecule has 1 atom stereocenters. The van der Waals surface area contributed by atoms with Gasteiger partial charge < -0.3 is 4.74 Å². The maximum Gasteiger partial charge on any atom is 0.339 e. The number of esters is 1. The van der Waals surface area contributed by atoms with Crippen LogP contribution in [-0.4, -0.2) is 5.97 Å². The van der Waals surface area contributed by atoms with Gasteiger partial charge in [-0.2, -0.15) is 0 Å². The molecule has 0 amide bonds. The highest BCUT2D eigenvalue weighted by Gasteiger charge is 2.23. The van der Waals surface area contributed by atoms with Crippen molar-refractivity contribution in [3.05, 3.63) is 70.3 Å². The Labute approximate surface area is 153 Å². The highest BCUT2D eigenvalue weighted by Crippen LogP contribution is 2.32. The van der Waals surface area contributed by atoms with Crippen LogP contribution in [0.5, 0.6) is 0 Å². The number of ether oxygens (including phenoxy) is 1. The zero-order chi connectivity index (χ0) is 19.4. The lowest BCUT2D eigenvalue weighted by atomic mass is 9.84. The van der Waals surface area contributed by atoms with E-state index in [-0.39, 0.29) is 11.8 Å². The van der Waals surface area contributed by atoms with E-state index in [9.17, 15) is 4.79 Å². The van der Waals surface area contributed by atoms with Gasteiger partial charge >= 0.3 is 5.97 Å². The molecular weight excluding hydrogens is 308 g/mol. The van der Waals surface area contributed by atoms with E-state index < -0.39 is 12.6 Å². The molecule has 0 bridgehead atoms. The van der Waals surface area contributed by atoms with Crippen LogP contribution in [0.4, 0.5) is 0 Å². The van der Waals surface area contributed by atoms with E-state index in [4.69, 9.17) is 6.11 Å². The fourth-order valence-corrected chi connectivity index (χ4v) is 2.90. The second-order valence-corrected chi connectivity index (χ2v) is 7.47. The maximum absolute atomic E-state index is 13.0. The molecule has 0 aliphatic rings. The Morgan fingerprint density at radius 2 is 1.44 bits per heavy atom. The lowest BCUT2D eigenvalue weighted by Crippen LogP contribution is -2.14. The second kappa shape index (κ2) is 8.33. The summed E-state index contributed by atoms with van der Waals surface area (Å²) in [5.74, 6) is 0.393. The molecule has 0 saturated carbocycles. The largest absolute Gasteiger partial charge is 0.457 e. The fourth-order valence-electron chi connectivity index (χ4n) is 2.90. The van der Waals surface area contributed by atoms with Crippen molar-refractivity contribution in [1.29, 1.82) is 0 Å². The summed E-state index contributed by atoms with van der Waals surface area (Å²) < 4.78 is 13.7. The summed E-state index contributed by atoms with van der Waals surface area (Å²) in [7, 11) is 0.